The number of rotatable bonds is 5. The number of hydrogen-bond donors (Lipinski definition) is 0. The third-order valence-corrected chi connectivity index (χ3v) is 7.28. The van der Waals surface area contributed by atoms with Gasteiger partial charge in [-0.2, -0.15) is 0 Å². The fraction of sp³-hybridized carbons (Fsp3) is 0.400. The molecular weight excluding hydrogens is 397 g/mol. The first-order valence-electron chi connectivity index (χ1n) is 9.34. The van der Waals surface area contributed by atoms with Gasteiger partial charge in [0, 0.05) is 44.8 Å². The topological polar surface area (TPSA) is 43.9 Å². The number of piperazine rings is 1. The molecule has 8 heteroatoms. The van der Waals surface area contributed by atoms with E-state index in [2.05, 4.69) is 4.90 Å². The lowest BCUT2D eigenvalue weighted by Gasteiger charge is -2.36. The Morgan fingerprint density at radius 1 is 1.07 bits per heavy atom. The fourth-order valence-electron chi connectivity index (χ4n) is 3.61. The van der Waals surface area contributed by atoms with E-state index in [-0.39, 0.29) is 23.0 Å². The van der Waals surface area contributed by atoms with Gasteiger partial charge < -0.3 is 9.80 Å². The lowest BCUT2D eigenvalue weighted by Crippen LogP contribution is -2.50. The summed E-state index contributed by atoms with van der Waals surface area (Å²) >= 11 is 2.95. The highest BCUT2D eigenvalue weighted by Crippen LogP contribution is 2.39. The van der Waals surface area contributed by atoms with Crippen LogP contribution in [0.3, 0.4) is 0 Å². The zero-order valence-corrected chi connectivity index (χ0v) is 17.1. The standard InChI is InChI=1S/C20H22FN3O2S2/c21-16-5-2-1-4-15(16)20-24(18(25)14-28-20)12-9-22-7-10-23(11-8-22)19(26)17-6-3-13-27-17/h1-6,13,20H,7-12,14H2. The van der Waals surface area contributed by atoms with Crippen molar-refractivity contribution in [2.24, 2.45) is 0 Å². The predicted molar refractivity (Wildman–Crippen MR) is 110 cm³/mol. The van der Waals surface area contributed by atoms with E-state index in [0.717, 1.165) is 24.5 Å². The van der Waals surface area contributed by atoms with Crippen LogP contribution in [0.5, 0.6) is 0 Å². The van der Waals surface area contributed by atoms with E-state index in [1.807, 2.05) is 28.5 Å². The molecule has 2 aromatic rings. The first-order chi connectivity index (χ1) is 13.6. The van der Waals surface area contributed by atoms with Crippen LogP contribution in [0.2, 0.25) is 0 Å². The second-order valence-electron chi connectivity index (χ2n) is 6.88. The highest BCUT2D eigenvalue weighted by molar-refractivity contribution is 8.00. The Morgan fingerprint density at radius 3 is 2.57 bits per heavy atom. The number of amides is 2. The molecule has 2 amide bonds. The van der Waals surface area contributed by atoms with Gasteiger partial charge in [-0.15, -0.1) is 23.1 Å². The van der Waals surface area contributed by atoms with Crippen LogP contribution in [-0.4, -0.2) is 71.5 Å². The smallest absolute Gasteiger partial charge is 0.264 e. The van der Waals surface area contributed by atoms with Crippen molar-refractivity contribution >= 4 is 34.9 Å². The fourth-order valence-corrected chi connectivity index (χ4v) is 5.54. The van der Waals surface area contributed by atoms with Gasteiger partial charge in [0.15, 0.2) is 0 Å². The molecule has 0 radical (unpaired) electrons. The third kappa shape index (κ3) is 4.09. The quantitative estimate of drug-likeness (QED) is 0.748. The van der Waals surface area contributed by atoms with Crippen molar-refractivity contribution in [1.29, 1.82) is 0 Å². The van der Waals surface area contributed by atoms with E-state index < -0.39 is 0 Å². The maximum Gasteiger partial charge on any atom is 0.264 e. The van der Waals surface area contributed by atoms with E-state index in [0.29, 0.717) is 31.0 Å². The Labute approximate surface area is 172 Å². The van der Waals surface area contributed by atoms with Crippen molar-refractivity contribution in [3.63, 3.8) is 0 Å². The minimum Gasteiger partial charge on any atom is -0.335 e. The summed E-state index contributed by atoms with van der Waals surface area (Å²) in [5.41, 5.74) is 0.574. The summed E-state index contributed by atoms with van der Waals surface area (Å²) in [6.45, 7) is 4.27. The van der Waals surface area contributed by atoms with Crippen LogP contribution in [0.25, 0.3) is 0 Å². The zero-order chi connectivity index (χ0) is 19.5. The van der Waals surface area contributed by atoms with Gasteiger partial charge in [-0.25, -0.2) is 4.39 Å². The Morgan fingerprint density at radius 2 is 1.86 bits per heavy atom. The summed E-state index contributed by atoms with van der Waals surface area (Å²) in [4.78, 5) is 31.5. The van der Waals surface area contributed by atoms with E-state index in [4.69, 9.17) is 0 Å². The summed E-state index contributed by atoms with van der Waals surface area (Å²) in [5, 5.41) is 1.66. The van der Waals surface area contributed by atoms with Gasteiger partial charge >= 0.3 is 0 Å². The van der Waals surface area contributed by atoms with Gasteiger partial charge in [-0.3, -0.25) is 14.5 Å². The predicted octanol–water partition coefficient (Wildman–Crippen LogP) is 2.92. The monoisotopic (exact) mass is 419 g/mol. The van der Waals surface area contributed by atoms with Gasteiger partial charge in [-0.1, -0.05) is 24.3 Å². The first-order valence-corrected chi connectivity index (χ1v) is 11.3. The number of thiophene rings is 1. The minimum atomic E-state index is -0.264. The molecular formula is C20H22FN3O2S2. The molecule has 148 valence electrons. The third-order valence-electron chi connectivity index (χ3n) is 5.19. The zero-order valence-electron chi connectivity index (χ0n) is 15.4. The second kappa shape index (κ2) is 8.63. The largest absolute Gasteiger partial charge is 0.335 e. The minimum absolute atomic E-state index is 0.0600. The molecule has 2 aliphatic rings. The molecule has 5 nitrogen and oxygen atoms in total. The Balaban J connectivity index is 1.31. The molecule has 1 aromatic heterocycles. The molecule has 0 bridgehead atoms. The van der Waals surface area contributed by atoms with Crippen molar-refractivity contribution in [3.05, 3.63) is 58.0 Å². The number of nitrogens with zero attached hydrogens (tertiary/aromatic N) is 3. The van der Waals surface area contributed by atoms with E-state index >= 15 is 0 Å². The Hall–Kier alpha value is -1.90. The number of benzene rings is 1. The number of halogens is 1. The molecule has 3 heterocycles. The van der Waals surface area contributed by atoms with Gasteiger partial charge in [-0.05, 0) is 17.5 Å². The van der Waals surface area contributed by atoms with Crippen molar-refractivity contribution < 1.29 is 14.0 Å². The van der Waals surface area contributed by atoms with Gasteiger partial charge in [0.1, 0.15) is 11.2 Å². The summed E-state index contributed by atoms with van der Waals surface area (Å²) in [7, 11) is 0. The maximum absolute atomic E-state index is 14.2. The van der Waals surface area contributed by atoms with Gasteiger partial charge in [0.25, 0.3) is 5.91 Å². The summed E-state index contributed by atoms with van der Waals surface area (Å²) in [5.74, 6) is 0.285. The van der Waals surface area contributed by atoms with Crippen molar-refractivity contribution in [2.75, 3.05) is 45.0 Å². The maximum atomic E-state index is 14.2. The number of carbonyl (C=O) groups excluding carboxylic acids is 2. The summed E-state index contributed by atoms with van der Waals surface area (Å²) < 4.78 is 14.2. The van der Waals surface area contributed by atoms with Crippen LogP contribution >= 0.6 is 23.1 Å². The van der Waals surface area contributed by atoms with Crippen LogP contribution in [0, 0.1) is 5.82 Å². The number of hydrogen-bond acceptors (Lipinski definition) is 5. The molecule has 0 N–H and O–H groups in total. The highest BCUT2D eigenvalue weighted by Gasteiger charge is 2.34. The summed E-state index contributed by atoms with van der Waals surface area (Å²) in [6, 6.07) is 10.4. The molecule has 1 unspecified atom stereocenters. The van der Waals surface area contributed by atoms with Crippen LogP contribution in [0.1, 0.15) is 20.6 Å². The Bertz CT molecular complexity index is 838. The normalized spacial score (nSPS) is 20.8. The molecule has 0 aliphatic carbocycles. The van der Waals surface area contributed by atoms with E-state index in [1.54, 1.807) is 17.0 Å². The van der Waals surface area contributed by atoms with Crippen LogP contribution < -0.4 is 0 Å². The molecule has 1 aromatic carbocycles. The van der Waals surface area contributed by atoms with Gasteiger partial charge in [0.05, 0.1) is 10.6 Å². The lowest BCUT2D eigenvalue weighted by molar-refractivity contribution is -0.128. The number of carbonyl (C=O) groups is 2. The van der Waals surface area contributed by atoms with Crippen molar-refractivity contribution in [2.45, 2.75) is 5.37 Å². The molecule has 1 atom stereocenters. The number of thioether (sulfide) groups is 1. The van der Waals surface area contributed by atoms with Crippen molar-refractivity contribution in [1.82, 2.24) is 14.7 Å². The van der Waals surface area contributed by atoms with E-state index in [9.17, 15) is 14.0 Å². The summed E-state index contributed by atoms with van der Waals surface area (Å²) in [6.07, 6.45) is 0. The molecule has 0 saturated carbocycles. The second-order valence-corrected chi connectivity index (χ2v) is 8.90. The average Bonchev–Trinajstić information content (AvgIpc) is 3.37. The first kappa shape index (κ1) is 19.4. The molecule has 28 heavy (non-hydrogen) atoms. The highest BCUT2D eigenvalue weighted by atomic mass is 32.2. The molecule has 2 saturated heterocycles. The van der Waals surface area contributed by atoms with Crippen LogP contribution in [0.15, 0.2) is 41.8 Å². The molecule has 0 spiro atoms. The van der Waals surface area contributed by atoms with Crippen LogP contribution in [-0.2, 0) is 4.79 Å². The molecule has 2 fully saturated rings. The SMILES string of the molecule is O=C(c1cccs1)N1CCN(CCN2C(=O)CSC2c2ccccc2F)CC1. The average molecular weight is 420 g/mol. The Kier molecular flexibility index (Phi) is 5.99. The lowest BCUT2D eigenvalue weighted by atomic mass is 10.2. The van der Waals surface area contributed by atoms with E-state index in [1.165, 1.54) is 29.2 Å². The van der Waals surface area contributed by atoms with Crippen LogP contribution in [0.4, 0.5) is 4.39 Å². The molecule has 4 rings (SSSR count). The van der Waals surface area contributed by atoms with Gasteiger partial charge in [0.2, 0.25) is 5.91 Å². The molecule has 2 aliphatic heterocycles. The van der Waals surface area contributed by atoms with Crippen molar-refractivity contribution in [3.8, 4) is 0 Å².